The highest BCUT2D eigenvalue weighted by Crippen LogP contribution is 2.31. The van der Waals surface area contributed by atoms with Gasteiger partial charge in [-0.25, -0.2) is 4.98 Å². The van der Waals surface area contributed by atoms with Gasteiger partial charge < -0.3 is 5.32 Å². The van der Waals surface area contributed by atoms with Crippen molar-refractivity contribution in [2.45, 2.75) is 20.3 Å². The van der Waals surface area contributed by atoms with Gasteiger partial charge in [-0.2, -0.15) is 0 Å². The summed E-state index contributed by atoms with van der Waals surface area (Å²) in [7, 11) is 0. The summed E-state index contributed by atoms with van der Waals surface area (Å²) in [6.07, 6.45) is 0.850. The Labute approximate surface area is 156 Å². The molecule has 2 amide bonds. The first-order chi connectivity index (χ1) is 12.6. The molecule has 2 aromatic carbocycles. The van der Waals surface area contributed by atoms with Crippen LogP contribution in [0, 0.1) is 0 Å². The molecule has 0 aliphatic carbocycles. The summed E-state index contributed by atoms with van der Waals surface area (Å²) in [5.41, 5.74) is 3.12. The average molecular weight is 365 g/mol. The summed E-state index contributed by atoms with van der Waals surface area (Å²) in [6.45, 7) is 3.52. The molecule has 3 rings (SSSR count). The van der Waals surface area contributed by atoms with Crippen LogP contribution < -0.4 is 10.6 Å². The van der Waals surface area contributed by atoms with Gasteiger partial charge in [0.25, 0.3) is 5.91 Å². The molecule has 1 aromatic heterocycles. The molecule has 1 heterocycles. The average Bonchev–Trinajstić information content (AvgIpc) is 3.05. The summed E-state index contributed by atoms with van der Waals surface area (Å²) in [5, 5.41) is 6.12. The van der Waals surface area contributed by atoms with Crippen molar-refractivity contribution in [1.29, 1.82) is 0 Å². The van der Waals surface area contributed by atoms with E-state index in [1.165, 1.54) is 18.3 Å². The van der Waals surface area contributed by atoms with E-state index in [2.05, 4.69) is 22.5 Å². The van der Waals surface area contributed by atoms with Crippen LogP contribution in [0.3, 0.4) is 0 Å². The lowest BCUT2D eigenvalue weighted by Crippen LogP contribution is -2.12. The number of nitrogens with one attached hydrogen (secondary N) is 2. The van der Waals surface area contributed by atoms with E-state index in [9.17, 15) is 9.59 Å². The number of amides is 2. The number of aromatic nitrogens is 1. The topological polar surface area (TPSA) is 71.1 Å². The number of carbonyl (C=O) groups is 2. The van der Waals surface area contributed by atoms with E-state index in [0.29, 0.717) is 16.4 Å². The van der Waals surface area contributed by atoms with Crippen LogP contribution in [0.5, 0.6) is 0 Å². The van der Waals surface area contributed by atoms with E-state index >= 15 is 0 Å². The molecule has 0 fully saturated rings. The fourth-order valence-corrected chi connectivity index (χ4v) is 3.46. The van der Waals surface area contributed by atoms with Crippen molar-refractivity contribution >= 4 is 34.0 Å². The van der Waals surface area contributed by atoms with Crippen LogP contribution in [0.15, 0.2) is 54.6 Å². The lowest BCUT2D eigenvalue weighted by Gasteiger charge is -2.04. The van der Waals surface area contributed by atoms with E-state index in [1.54, 1.807) is 24.3 Å². The van der Waals surface area contributed by atoms with Gasteiger partial charge in [0, 0.05) is 28.6 Å². The van der Waals surface area contributed by atoms with Crippen molar-refractivity contribution < 1.29 is 9.59 Å². The Morgan fingerprint density at radius 1 is 1.00 bits per heavy atom. The van der Waals surface area contributed by atoms with E-state index in [0.717, 1.165) is 22.6 Å². The summed E-state index contributed by atoms with van der Waals surface area (Å²) in [5.74, 6) is -0.374. The van der Waals surface area contributed by atoms with E-state index in [4.69, 9.17) is 0 Å². The number of rotatable bonds is 5. The maximum Gasteiger partial charge on any atom is 0.257 e. The summed E-state index contributed by atoms with van der Waals surface area (Å²) >= 11 is 1.49. The first kappa shape index (κ1) is 17.8. The fourth-order valence-electron chi connectivity index (χ4n) is 2.54. The molecule has 132 valence electrons. The van der Waals surface area contributed by atoms with Crippen LogP contribution in [0.4, 0.5) is 10.8 Å². The molecule has 0 radical (unpaired) electrons. The van der Waals surface area contributed by atoms with Crippen molar-refractivity contribution in [2.24, 2.45) is 0 Å². The predicted octanol–water partition coefficient (Wildman–Crippen LogP) is 4.58. The minimum Gasteiger partial charge on any atom is -0.326 e. The fraction of sp³-hybridized carbons (Fsp3) is 0.150. The second-order valence-corrected chi connectivity index (χ2v) is 6.81. The highest BCUT2D eigenvalue weighted by atomic mass is 32.1. The molecular weight excluding hydrogens is 346 g/mol. The first-order valence-corrected chi connectivity index (χ1v) is 9.12. The zero-order valence-electron chi connectivity index (χ0n) is 14.6. The van der Waals surface area contributed by atoms with E-state index in [1.807, 2.05) is 30.3 Å². The van der Waals surface area contributed by atoms with Gasteiger partial charge >= 0.3 is 0 Å². The third kappa shape index (κ3) is 4.15. The number of anilines is 2. The van der Waals surface area contributed by atoms with Gasteiger partial charge in [0.15, 0.2) is 5.13 Å². The van der Waals surface area contributed by atoms with Crippen molar-refractivity contribution in [3.05, 3.63) is 65.0 Å². The SMILES string of the molecule is CCc1sc(NC(=O)c2ccc(NC(C)=O)cc2)nc1-c1ccccc1. The quantitative estimate of drug-likeness (QED) is 0.695. The van der Waals surface area contributed by atoms with Gasteiger partial charge in [-0.15, -0.1) is 11.3 Å². The van der Waals surface area contributed by atoms with Crippen LogP contribution in [-0.4, -0.2) is 16.8 Å². The smallest absolute Gasteiger partial charge is 0.257 e. The van der Waals surface area contributed by atoms with Crippen molar-refractivity contribution in [3.63, 3.8) is 0 Å². The Kier molecular flexibility index (Phi) is 5.43. The van der Waals surface area contributed by atoms with E-state index in [-0.39, 0.29) is 11.8 Å². The van der Waals surface area contributed by atoms with Gasteiger partial charge in [0.2, 0.25) is 5.91 Å². The maximum atomic E-state index is 12.5. The molecule has 26 heavy (non-hydrogen) atoms. The molecule has 2 N–H and O–H groups in total. The van der Waals surface area contributed by atoms with E-state index < -0.39 is 0 Å². The highest BCUT2D eigenvalue weighted by molar-refractivity contribution is 7.16. The van der Waals surface area contributed by atoms with Gasteiger partial charge in [-0.1, -0.05) is 37.3 Å². The lowest BCUT2D eigenvalue weighted by molar-refractivity contribution is -0.114. The third-order valence-corrected chi connectivity index (χ3v) is 4.87. The Hall–Kier alpha value is -2.99. The van der Waals surface area contributed by atoms with Crippen molar-refractivity contribution in [1.82, 2.24) is 4.98 Å². The van der Waals surface area contributed by atoms with Gasteiger partial charge in [-0.05, 0) is 30.7 Å². The van der Waals surface area contributed by atoms with Crippen LogP contribution in [0.25, 0.3) is 11.3 Å². The molecule has 0 bridgehead atoms. The minimum absolute atomic E-state index is 0.148. The van der Waals surface area contributed by atoms with Gasteiger partial charge in [0.05, 0.1) is 5.69 Å². The molecule has 5 nitrogen and oxygen atoms in total. The summed E-state index contributed by atoms with van der Waals surface area (Å²) < 4.78 is 0. The van der Waals surface area contributed by atoms with Crippen LogP contribution in [0.1, 0.15) is 29.1 Å². The van der Waals surface area contributed by atoms with Gasteiger partial charge in [-0.3, -0.25) is 14.9 Å². The number of benzene rings is 2. The molecule has 6 heteroatoms. The van der Waals surface area contributed by atoms with Crippen molar-refractivity contribution in [3.8, 4) is 11.3 Å². The number of carbonyl (C=O) groups excluding carboxylic acids is 2. The second kappa shape index (κ2) is 7.93. The Balaban J connectivity index is 1.77. The Morgan fingerprint density at radius 3 is 2.31 bits per heavy atom. The summed E-state index contributed by atoms with van der Waals surface area (Å²) in [6, 6.07) is 16.7. The zero-order chi connectivity index (χ0) is 18.5. The molecule has 0 atom stereocenters. The second-order valence-electron chi connectivity index (χ2n) is 5.72. The van der Waals surface area contributed by atoms with Crippen LogP contribution in [0.2, 0.25) is 0 Å². The number of aryl methyl sites for hydroxylation is 1. The minimum atomic E-state index is -0.226. The summed E-state index contributed by atoms with van der Waals surface area (Å²) in [4.78, 5) is 29.3. The normalized spacial score (nSPS) is 10.4. The van der Waals surface area contributed by atoms with Crippen molar-refractivity contribution in [2.75, 3.05) is 10.6 Å². The monoisotopic (exact) mass is 365 g/mol. The highest BCUT2D eigenvalue weighted by Gasteiger charge is 2.14. The predicted molar refractivity (Wildman–Crippen MR) is 106 cm³/mol. The molecule has 0 aliphatic heterocycles. The Bertz CT molecular complexity index is 918. The molecular formula is C20H19N3O2S. The number of hydrogen-bond donors (Lipinski definition) is 2. The molecule has 0 saturated heterocycles. The Morgan fingerprint density at radius 2 is 1.69 bits per heavy atom. The molecule has 0 saturated carbocycles. The van der Waals surface area contributed by atoms with Crippen LogP contribution in [-0.2, 0) is 11.2 Å². The van der Waals surface area contributed by atoms with Crippen LogP contribution >= 0.6 is 11.3 Å². The standard InChI is InChI=1S/C20H19N3O2S/c1-3-17-18(14-7-5-4-6-8-14)22-20(26-17)23-19(25)15-9-11-16(12-10-15)21-13(2)24/h4-12H,3H2,1-2H3,(H,21,24)(H,22,23,25). The number of thiazole rings is 1. The molecule has 0 spiro atoms. The lowest BCUT2D eigenvalue weighted by atomic mass is 10.1. The van der Waals surface area contributed by atoms with Gasteiger partial charge in [0.1, 0.15) is 0 Å². The molecule has 0 unspecified atom stereocenters. The largest absolute Gasteiger partial charge is 0.326 e. The zero-order valence-corrected chi connectivity index (χ0v) is 15.4. The molecule has 3 aromatic rings. The number of nitrogens with zero attached hydrogens (tertiary/aromatic N) is 1. The number of hydrogen-bond acceptors (Lipinski definition) is 4. The maximum absolute atomic E-state index is 12.5. The molecule has 0 aliphatic rings. The first-order valence-electron chi connectivity index (χ1n) is 8.31. The third-order valence-electron chi connectivity index (χ3n) is 3.75.